The van der Waals surface area contributed by atoms with Crippen LogP contribution in [0.15, 0.2) is 30.3 Å². The molecule has 0 atom stereocenters. The van der Waals surface area contributed by atoms with Crippen LogP contribution in [0.2, 0.25) is 0 Å². The van der Waals surface area contributed by atoms with Crippen LogP contribution in [0.1, 0.15) is 21.6 Å². The summed E-state index contributed by atoms with van der Waals surface area (Å²) in [5, 5.41) is 5.03. The first-order chi connectivity index (χ1) is 14.7. The van der Waals surface area contributed by atoms with E-state index in [0.717, 1.165) is 28.2 Å². The highest BCUT2D eigenvalue weighted by molar-refractivity contribution is 5.98. The van der Waals surface area contributed by atoms with E-state index in [4.69, 9.17) is 4.74 Å². The van der Waals surface area contributed by atoms with Crippen molar-refractivity contribution in [3.8, 4) is 0 Å². The third-order valence-corrected chi connectivity index (χ3v) is 4.63. The van der Waals surface area contributed by atoms with Crippen LogP contribution in [0.4, 0.5) is 18.9 Å². The van der Waals surface area contributed by atoms with E-state index in [1.807, 2.05) is 19.2 Å². The summed E-state index contributed by atoms with van der Waals surface area (Å²) in [4.78, 5) is 38.9. The largest absolute Gasteiger partial charge is 0.452 e. The van der Waals surface area contributed by atoms with Crippen LogP contribution in [0, 0.1) is 31.3 Å². The molecule has 0 aliphatic rings. The Morgan fingerprint density at radius 2 is 1.74 bits per heavy atom. The number of halogens is 3. The quantitative estimate of drug-likeness (QED) is 0.411. The van der Waals surface area contributed by atoms with E-state index in [1.54, 1.807) is 18.2 Å². The third-order valence-electron chi connectivity index (χ3n) is 4.63. The van der Waals surface area contributed by atoms with Gasteiger partial charge in [0, 0.05) is 16.6 Å². The number of fused-ring (bicyclic) bond motifs is 1. The summed E-state index contributed by atoms with van der Waals surface area (Å²) in [6.45, 7) is 2.58. The number of carbonyl (C=O) groups is 3. The van der Waals surface area contributed by atoms with Crippen LogP contribution in [0.3, 0.4) is 0 Å². The predicted octanol–water partition coefficient (Wildman–Crippen LogP) is 3.11. The topological polar surface area (TPSA) is 100 Å². The zero-order chi connectivity index (χ0) is 22.7. The number of hydrogen-bond donors (Lipinski definition) is 3. The first-order valence-corrected chi connectivity index (χ1v) is 9.13. The second-order valence-electron chi connectivity index (χ2n) is 6.76. The minimum absolute atomic E-state index is 0.258. The van der Waals surface area contributed by atoms with Gasteiger partial charge in [-0.1, -0.05) is 0 Å². The molecule has 3 rings (SSSR count). The summed E-state index contributed by atoms with van der Waals surface area (Å²) in [6.07, 6.45) is 0. The summed E-state index contributed by atoms with van der Waals surface area (Å²) in [6, 6.07) is 6.44. The van der Waals surface area contributed by atoms with E-state index in [2.05, 4.69) is 10.3 Å². The summed E-state index contributed by atoms with van der Waals surface area (Å²) in [5.41, 5.74) is 2.52. The van der Waals surface area contributed by atoms with Crippen LogP contribution in [-0.4, -0.2) is 35.9 Å². The number of amides is 2. The van der Waals surface area contributed by atoms with Crippen molar-refractivity contribution in [2.24, 2.45) is 0 Å². The molecule has 0 spiro atoms. The number of carbonyl (C=O) groups excluding carboxylic acids is 3. The van der Waals surface area contributed by atoms with Crippen molar-refractivity contribution in [3.63, 3.8) is 0 Å². The summed E-state index contributed by atoms with van der Waals surface area (Å²) in [7, 11) is 0. The Kier molecular flexibility index (Phi) is 6.28. The van der Waals surface area contributed by atoms with Gasteiger partial charge in [0.05, 0.1) is 17.8 Å². The molecular weight excluding hydrogens is 415 g/mol. The zero-order valence-electron chi connectivity index (χ0n) is 16.6. The van der Waals surface area contributed by atoms with Gasteiger partial charge in [0.1, 0.15) is 0 Å². The van der Waals surface area contributed by atoms with Gasteiger partial charge in [0.15, 0.2) is 24.1 Å². The van der Waals surface area contributed by atoms with Crippen molar-refractivity contribution < 1.29 is 32.3 Å². The number of aromatic amines is 1. The molecule has 0 fully saturated rings. The lowest BCUT2D eigenvalue weighted by molar-refractivity contribution is -0.126. The fourth-order valence-corrected chi connectivity index (χ4v) is 2.85. The van der Waals surface area contributed by atoms with Gasteiger partial charge in [-0.15, -0.1) is 0 Å². The molecule has 0 bridgehead atoms. The number of aryl methyl sites for hydroxylation is 2. The molecule has 0 aliphatic carbocycles. The van der Waals surface area contributed by atoms with Crippen molar-refractivity contribution in [1.82, 2.24) is 10.3 Å². The Bertz CT molecular complexity index is 1190. The minimum Gasteiger partial charge on any atom is -0.452 e. The number of anilines is 1. The van der Waals surface area contributed by atoms with Crippen LogP contribution < -0.4 is 10.6 Å². The average Bonchev–Trinajstić information content (AvgIpc) is 3.04. The van der Waals surface area contributed by atoms with Gasteiger partial charge in [-0.25, -0.2) is 18.0 Å². The van der Waals surface area contributed by atoms with Crippen molar-refractivity contribution >= 4 is 34.4 Å². The molecule has 0 saturated carbocycles. The van der Waals surface area contributed by atoms with E-state index in [9.17, 15) is 27.6 Å². The number of rotatable bonds is 6. The number of aromatic nitrogens is 1. The van der Waals surface area contributed by atoms with Gasteiger partial charge >= 0.3 is 5.97 Å². The molecular formula is C21H18F3N3O4. The van der Waals surface area contributed by atoms with E-state index in [-0.39, 0.29) is 5.56 Å². The molecule has 2 amide bonds. The summed E-state index contributed by atoms with van der Waals surface area (Å²) < 4.78 is 44.5. The molecule has 31 heavy (non-hydrogen) atoms. The van der Waals surface area contributed by atoms with Gasteiger partial charge in [-0.2, -0.15) is 0 Å². The lowest BCUT2D eigenvalue weighted by Crippen LogP contribution is -2.35. The van der Waals surface area contributed by atoms with Crippen LogP contribution >= 0.6 is 0 Å². The highest BCUT2D eigenvalue weighted by Crippen LogP contribution is 2.23. The minimum atomic E-state index is -1.73. The Hall–Kier alpha value is -3.82. The highest BCUT2D eigenvalue weighted by Gasteiger charge is 2.16. The SMILES string of the molecule is Cc1[nH]c2ccc(C(=O)OCC(=O)NCC(=O)Nc3ccc(F)c(F)c3F)cc2c1C. The number of nitrogens with one attached hydrogen (secondary N) is 3. The Morgan fingerprint density at radius 1 is 1.00 bits per heavy atom. The molecule has 1 heterocycles. The van der Waals surface area contributed by atoms with Crippen molar-refractivity contribution in [1.29, 1.82) is 0 Å². The van der Waals surface area contributed by atoms with Gasteiger partial charge in [-0.05, 0) is 49.7 Å². The van der Waals surface area contributed by atoms with Crippen molar-refractivity contribution in [2.75, 3.05) is 18.5 Å². The lowest BCUT2D eigenvalue weighted by atomic mass is 10.1. The number of H-pyrrole nitrogens is 1. The molecule has 10 heteroatoms. The molecule has 0 radical (unpaired) electrons. The van der Waals surface area contributed by atoms with Crippen LogP contribution in [0.5, 0.6) is 0 Å². The van der Waals surface area contributed by atoms with Crippen LogP contribution in [-0.2, 0) is 14.3 Å². The molecule has 2 aromatic carbocycles. The third kappa shape index (κ3) is 4.85. The molecule has 162 valence electrons. The molecule has 1 aromatic heterocycles. The first kappa shape index (κ1) is 21.9. The van der Waals surface area contributed by atoms with Crippen LogP contribution in [0.25, 0.3) is 10.9 Å². The summed E-state index contributed by atoms with van der Waals surface area (Å²) >= 11 is 0. The Labute approximate surface area is 174 Å². The number of benzene rings is 2. The predicted molar refractivity (Wildman–Crippen MR) is 106 cm³/mol. The van der Waals surface area contributed by atoms with Gasteiger partial charge in [0.25, 0.3) is 5.91 Å². The monoisotopic (exact) mass is 433 g/mol. The molecule has 3 N–H and O–H groups in total. The standard InChI is InChI=1S/C21H18F3N3O4/c1-10-11(2)26-15-5-3-12(7-13(10)15)21(30)31-9-18(29)25-8-17(28)27-16-6-4-14(22)19(23)20(16)24/h3-7,26H,8-9H2,1-2H3,(H,25,29)(H,27,28). The molecule has 0 saturated heterocycles. The van der Waals surface area contributed by atoms with Gasteiger partial charge in [-0.3, -0.25) is 9.59 Å². The van der Waals surface area contributed by atoms with Crippen molar-refractivity contribution in [2.45, 2.75) is 13.8 Å². The van der Waals surface area contributed by atoms with E-state index in [0.29, 0.717) is 6.07 Å². The maximum absolute atomic E-state index is 13.5. The number of esters is 1. The fourth-order valence-electron chi connectivity index (χ4n) is 2.85. The lowest BCUT2D eigenvalue weighted by Gasteiger charge is -2.09. The molecule has 7 nitrogen and oxygen atoms in total. The van der Waals surface area contributed by atoms with Gasteiger partial charge < -0.3 is 20.4 Å². The number of hydrogen-bond acceptors (Lipinski definition) is 4. The normalized spacial score (nSPS) is 10.7. The van der Waals surface area contributed by atoms with E-state index >= 15 is 0 Å². The maximum atomic E-state index is 13.5. The zero-order valence-corrected chi connectivity index (χ0v) is 16.6. The van der Waals surface area contributed by atoms with Gasteiger partial charge in [0.2, 0.25) is 5.91 Å². The van der Waals surface area contributed by atoms with Crippen molar-refractivity contribution in [3.05, 3.63) is 64.6 Å². The first-order valence-electron chi connectivity index (χ1n) is 9.13. The maximum Gasteiger partial charge on any atom is 0.338 e. The van der Waals surface area contributed by atoms with E-state index < -0.39 is 54.1 Å². The van der Waals surface area contributed by atoms with E-state index in [1.165, 1.54) is 0 Å². The smallest absolute Gasteiger partial charge is 0.338 e. The molecule has 0 unspecified atom stereocenters. The Morgan fingerprint density at radius 3 is 2.48 bits per heavy atom. The summed E-state index contributed by atoms with van der Waals surface area (Å²) in [5.74, 6) is -7.05. The number of ether oxygens (including phenoxy) is 1. The highest BCUT2D eigenvalue weighted by atomic mass is 19.2. The Balaban J connectivity index is 1.50. The average molecular weight is 433 g/mol. The fraction of sp³-hybridized carbons (Fsp3) is 0.190. The second-order valence-corrected chi connectivity index (χ2v) is 6.76. The second kappa shape index (κ2) is 8.90. The molecule has 3 aromatic rings. The molecule has 0 aliphatic heterocycles.